The Morgan fingerprint density at radius 2 is 1.95 bits per heavy atom. The third-order valence-corrected chi connectivity index (χ3v) is 2.96. The maximum absolute atomic E-state index is 12.2. The molecule has 1 aromatic rings. The maximum atomic E-state index is 12.2. The van der Waals surface area contributed by atoms with E-state index in [1.165, 1.54) is 6.92 Å². The molecule has 0 saturated heterocycles. The van der Waals surface area contributed by atoms with Gasteiger partial charge in [0.05, 0.1) is 13.7 Å². The minimum absolute atomic E-state index is 0.169. The number of hydrogen-bond donors (Lipinski definition) is 0. The Morgan fingerprint density at radius 1 is 1.29 bits per heavy atom. The molecule has 0 aliphatic carbocycles. The molecule has 0 heterocycles. The number of carbonyl (C=O) groups excluding carboxylic acids is 2. The average molecular weight is 291 g/mol. The van der Waals surface area contributed by atoms with Crippen molar-refractivity contribution in [3.05, 3.63) is 42.0 Å². The van der Waals surface area contributed by atoms with E-state index < -0.39 is 0 Å². The molecule has 0 radical (unpaired) electrons. The predicted octanol–water partition coefficient (Wildman–Crippen LogP) is 2.16. The van der Waals surface area contributed by atoms with Gasteiger partial charge in [-0.05, 0) is 6.07 Å². The van der Waals surface area contributed by atoms with Gasteiger partial charge in [0.25, 0.3) is 0 Å². The SMILES string of the molecule is C=C(CCOC(C)=O)C(=O)N(C)Cc1ccccc1OC. The van der Waals surface area contributed by atoms with Gasteiger partial charge in [0.2, 0.25) is 5.91 Å². The van der Waals surface area contributed by atoms with Crippen LogP contribution in [0.2, 0.25) is 0 Å². The Bertz CT molecular complexity index is 525. The normalized spacial score (nSPS) is 9.86. The molecule has 114 valence electrons. The van der Waals surface area contributed by atoms with Gasteiger partial charge in [0.1, 0.15) is 5.75 Å². The molecule has 0 N–H and O–H groups in total. The third-order valence-electron chi connectivity index (χ3n) is 2.96. The van der Waals surface area contributed by atoms with Crippen LogP contribution in [0.25, 0.3) is 0 Å². The molecule has 0 saturated carbocycles. The molecule has 0 atom stereocenters. The van der Waals surface area contributed by atoms with Gasteiger partial charge in [-0.25, -0.2) is 0 Å². The van der Waals surface area contributed by atoms with Crippen molar-refractivity contribution in [2.24, 2.45) is 0 Å². The number of benzene rings is 1. The highest BCUT2D eigenvalue weighted by atomic mass is 16.5. The summed E-state index contributed by atoms with van der Waals surface area (Å²) in [5, 5.41) is 0. The van der Waals surface area contributed by atoms with Crippen molar-refractivity contribution in [3.63, 3.8) is 0 Å². The number of esters is 1. The second-order valence-electron chi connectivity index (χ2n) is 4.67. The van der Waals surface area contributed by atoms with Crippen LogP contribution in [0.15, 0.2) is 36.4 Å². The van der Waals surface area contributed by atoms with Crippen molar-refractivity contribution in [1.82, 2.24) is 4.90 Å². The van der Waals surface area contributed by atoms with Crippen LogP contribution in [-0.4, -0.2) is 37.5 Å². The van der Waals surface area contributed by atoms with Gasteiger partial charge in [-0.3, -0.25) is 9.59 Å². The third kappa shape index (κ3) is 5.30. The molecule has 0 aliphatic heterocycles. The van der Waals surface area contributed by atoms with E-state index in [9.17, 15) is 9.59 Å². The van der Waals surface area contributed by atoms with E-state index in [2.05, 4.69) is 6.58 Å². The smallest absolute Gasteiger partial charge is 0.302 e. The fourth-order valence-corrected chi connectivity index (χ4v) is 1.86. The lowest BCUT2D eigenvalue weighted by atomic mass is 10.1. The van der Waals surface area contributed by atoms with Crippen molar-refractivity contribution < 1.29 is 19.1 Å². The minimum Gasteiger partial charge on any atom is -0.496 e. The van der Waals surface area contributed by atoms with Gasteiger partial charge < -0.3 is 14.4 Å². The number of ether oxygens (including phenoxy) is 2. The zero-order valence-corrected chi connectivity index (χ0v) is 12.7. The fourth-order valence-electron chi connectivity index (χ4n) is 1.86. The molecule has 0 spiro atoms. The first-order chi connectivity index (χ1) is 9.95. The van der Waals surface area contributed by atoms with Gasteiger partial charge in [0.15, 0.2) is 0 Å². The molecule has 5 heteroatoms. The first-order valence-corrected chi connectivity index (χ1v) is 6.64. The number of hydrogen-bond acceptors (Lipinski definition) is 4. The van der Waals surface area contributed by atoms with E-state index in [-0.39, 0.29) is 18.5 Å². The van der Waals surface area contributed by atoms with Crippen LogP contribution < -0.4 is 4.74 Å². The van der Waals surface area contributed by atoms with Crippen LogP contribution in [0.4, 0.5) is 0 Å². The van der Waals surface area contributed by atoms with Crippen LogP contribution in [0.3, 0.4) is 0 Å². The molecule has 0 unspecified atom stereocenters. The summed E-state index contributed by atoms with van der Waals surface area (Å²) < 4.78 is 10.1. The van der Waals surface area contributed by atoms with Crippen LogP contribution in [0.5, 0.6) is 5.75 Å². The second kappa shape index (κ2) is 8.09. The molecule has 1 aromatic carbocycles. The largest absolute Gasteiger partial charge is 0.496 e. The fraction of sp³-hybridized carbons (Fsp3) is 0.375. The minimum atomic E-state index is -0.363. The number of amides is 1. The van der Waals surface area contributed by atoms with E-state index in [1.54, 1.807) is 19.1 Å². The van der Waals surface area contributed by atoms with Crippen LogP contribution >= 0.6 is 0 Å². The van der Waals surface area contributed by atoms with E-state index in [0.717, 1.165) is 11.3 Å². The quantitative estimate of drug-likeness (QED) is 0.570. The number of para-hydroxylation sites is 1. The highest BCUT2D eigenvalue weighted by Gasteiger charge is 2.15. The zero-order chi connectivity index (χ0) is 15.8. The number of methoxy groups -OCH3 is 1. The lowest BCUT2D eigenvalue weighted by Gasteiger charge is -2.20. The van der Waals surface area contributed by atoms with Crippen molar-refractivity contribution >= 4 is 11.9 Å². The monoisotopic (exact) mass is 291 g/mol. The van der Waals surface area contributed by atoms with Crippen molar-refractivity contribution in [3.8, 4) is 5.75 Å². The van der Waals surface area contributed by atoms with Gasteiger partial charge in [0, 0.05) is 38.1 Å². The molecule has 1 rings (SSSR count). The predicted molar refractivity (Wildman–Crippen MR) is 79.9 cm³/mol. The first kappa shape index (κ1) is 16.8. The molecular formula is C16H21NO4. The summed E-state index contributed by atoms with van der Waals surface area (Å²) >= 11 is 0. The molecule has 0 fully saturated rings. The number of carbonyl (C=O) groups is 2. The standard InChI is InChI=1S/C16H21NO4/c1-12(9-10-21-13(2)18)16(19)17(3)11-14-7-5-6-8-15(14)20-4/h5-8H,1,9-11H2,2-4H3. The molecule has 0 bridgehead atoms. The Hall–Kier alpha value is -2.30. The zero-order valence-electron chi connectivity index (χ0n) is 12.7. The highest BCUT2D eigenvalue weighted by Crippen LogP contribution is 2.19. The van der Waals surface area contributed by atoms with E-state index >= 15 is 0 Å². The molecule has 0 aromatic heterocycles. The van der Waals surface area contributed by atoms with Crippen LogP contribution in [-0.2, 0) is 20.9 Å². The molecular weight excluding hydrogens is 270 g/mol. The van der Waals surface area contributed by atoms with Gasteiger partial charge >= 0.3 is 5.97 Å². The Labute approximate surface area is 125 Å². The first-order valence-electron chi connectivity index (χ1n) is 6.64. The second-order valence-corrected chi connectivity index (χ2v) is 4.67. The number of nitrogens with zero attached hydrogens (tertiary/aromatic N) is 1. The van der Waals surface area contributed by atoms with Gasteiger partial charge in [-0.2, -0.15) is 0 Å². The van der Waals surface area contributed by atoms with Crippen molar-refractivity contribution in [1.29, 1.82) is 0 Å². The molecule has 1 amide bonds. The Balaban J connectivity index is 2.57. The summed E-state index contributed by atoms with van der Waals surface area (Å²) in [6.07, 6.45) is 0.328. The summed E-state index contributed by atoms with van der Waals surface area (Å²) in [7, 11) is 3.30. The number of likely N-dealkylation sites (N-methyl/N-ethyl adjacent to an activating group) is 1. The maximum Gasteiger partial charge on any atom is 0.302 e. The summed E-state index contributed by atoms with van der Waals surface area (Å²) in [6, 6.07) is 7.53. The van der Waals surface area contributed by atoms with E-state index in [0.29, 0.717) is 18.5 Å². The summed E-state index contributed by atoms with van der Waals surface area (Å²) in [5.41, 5.74) is 1.33. The molecule has 0 aliphatic rings. The Morgan fingerprint density at radius 3 is 2.57 bits per heavy atom. The lowest BCUT2D eigenvalue weighted by Crippen LogP contribution is -2.28. The van der Waals surface area contributed by atoms with E-state index in [4.69, 9.17) is 9.47 Å². The molecule has 21 heavy (non-hydrogen) atoms. The summed E-state index contributed by atoms with van der Waals surface area (Å²) in [5.74, 6) is 0.202. The number of rotatable bonds is 7. The molecule has 5 nitrogen and oxygen atoms in total. The lowest BCUT2D eigenvalue weighted by molar-refractivity contribution is -0.141. The van der Waals surface area contributed by atoms with Gasteiger partial charge in [-0.15, -0.1) is 0 Å². The van der Waals surface area contributed by atoms with Crippen LogP contribution in [0.1, 0.15) is 18.9 Å². The van der Waals surface area contributed by atoms with Crippen molar-refractivity contribution in [2.75, 3.05) is 20.8 Å². The van der Waals surface area contributed by atoms with E-state index in [1.807, 2.05) is 24.3 Å². The highest BCUT2D eigenvalue weighted by molar-refractivity contribution is 5.92. The topological polar surface area (TPSA) is 55.8 Å². The Kier molecular flexibility index (Phi) is 6.46. The summed E-state index contributed by atoms with van der Waals surface area (Å²) in [4.78, 5) is 24.4. The average Bonchev–Trinajstić information content (AvgIpc) is 2.46. The van der Waals surface area contributed by atoms with Crippen LogP contribution in [0, 0.1) is 0 Å². The van der Waals surface area contributed by atoms with Crippen molar-refractivity contribution in [2.45, 2.75) is 19.9 Å². The van der Waals surface area contributed by atoms with Gasteiger partial charge in [-0.1, -0.05) is 24.8 Å². The summed E-state index contributed by atoms with van der Waals surface area (Å²) in [6.45, 7) is 5.67.